The van der Waals surface area contributed by atoms with Crippen molar-refractivity contribution in [3.05, 3.63) is 12.1 Å². The first kappa shape index (κ1) is 9.41. The minimum absolute atomic E-state index is 0.273. The van der Waals surface area contributed by atoms with Gasteiger partial charge in [-0.15, -0.1) is 0 Å². The maximum Gasteiger partial charge on any atom is 0.231 e. The molecule has 1 aromatic heterocycles. The van der Waals surface area contributed by atoms with E-state index >= 15 is 0 Å². The smallest absolute Gasteiger partial charge is 0.231 e. The lowest BCUT2D eigenvalue weighted by Gasteiger charge is -1.94. The van der Waals surface area contributed by atoms with Crippen LogP contribution in [0.15, 0.2) is 12.1 Å². The van der Waals surface area contributed by atoms with Gasteiger partial charge in [-0.1, -0.05) is 0 Å². The van der Waals surface area contributed by atoms with Crippen molar-refractivity contribution in [2.45, 2.75) is 13.0 Å². The number of ether oxygens (including phenoxy) is 2. The average Bonchev–Trinajstić information content (AvgIpc) is 2.87. The van der Waals surface area contributed by atoms with Crippen LogP contribution >= 0.6 is 0 Å². The van der Waals surface area contributed by atoms with E-state index in [0.717, 1.165) is 35.5 Å². The predicted octanol–water partition coefficient (Wildman–Crippen LogP) is 0.509. The Balaban J connectivity index is 1.99. The Labute approximate surface area is 91.9 Å². The number of nitrogens with zero attached hydrogens (tertiary/aromatic N) is 3. The van der Waals surface area contributed by atoms with E-state index in [-0.39, 0.29) is 6.79 Å². The maximum atomic E-state index is 5.44. The Morgan fingerprint density at radius 3 is 2.38 bits per heavy atom. The van der Waals surface area contributed by atoms with Crippen molar-refractivity contribution in [2.24, 2.45) is 5.73 Å². The third kappa shape index (κ3) is 1.47. The van der Waals surface area contributed by atoms with Gasteiger partial charge in [0.15, 0.2) is 11.5 Å². The summed E-state index contributed by atoms with van der Waals surface area (Å²) in [6, 6.07) is 3.70. The van der Waals surface area contributed by atoms with Crippen LogP contribution in [0.2, 0.25) is 0 Å². The van der Waals surface area contributed by atoms with Crippen molar-refractivity contribution in [2.75, 3.05) is 13.3 Å². The minimum atomic E-state index is 0.273. The minimum Gasteiger partial charge on any atom is -0.454 e. The Bertz CT molecular complexity index is 482. The zero-order valence-electron chi connectivity index (χ0n) is 8.72. The first-order chi connectivity index (χ1) is 7.86. The van der Waals surface area contributed by atoms with Gasteiger partial charge >= 0.3 is 0 Å². The van der Waals surface area contributed by atoms with Gasteiger partial charge in [0.05, 0.1) is 6.54 Å². The summed E-state index contributed by atoms with van der Waals surface area (Å²) in [6.45, 7) is 1.65. The van der Waals surface area contributed by atoms with Crippen molar-refractivity contribution in [3.63, 3.8) is 0 Å². The van der Waals surface area contributed by atoms with E-state index < -0.39 is 0 Å². The molecule has 0 saturated heterocycles. The van der Waals surface area contributed by atoms with E-state index in [2.05, 4.69) is 10.2 Å². The summed E-state index contributed by atoms with van der Waals surface area (Å²) in [5, 5.41) is 8.68. The van der Waals surface area contributed by atoms with Gasteiger partial charge in [0.25, 0.3) is 0 Å². The van der Waals surface area contributed by atoms with E-state index in [4.69, 9.17) is 15.2 Å². The van der Waals surface area contributed by atoms with Crippen LogP contribution in [0.3, 0.4) is 0 Å². The second-order valence-corrected chi connectivity index (χ2v) is 3.63. The summed E-state index contributed by atoms with van der Waals surface area (Å²) in [5.74, 6) is 1.47. The molecule has 3 rings (SSSR count). The molecule has 2 aromatic rings. The van der Waals surface area contributed by atoms with Gasteiger partial charge in [0.1, 0.15) is 11.0 Å². The number of benzene rings is 1. The van der Waals surface area contributed by atoms with Gasteiger partial charge in [0, 0.05) is 12.1 Å². The molecular formula is C10H12N4O2. The monoisotopic (exact) mass is 220 g/mol. The van der Waals surface area contributed by atoms with Crippen LogP contribution in [-0.2, 0) is 6.54 Å². The molecule has 1 aliphatic rings. The summed E-state index contributed by atoms with van der Waals surface area (Å²) in [5.41, 5.74) is 7.08. The Kier molecular flexibility index (Phi) is 2.14. The molecule has 6 heteroatoms. The molecule has 84 valence electrons. The number of aryl methyl sites for hydroxylation is 1. The lowest BCUT2D eigenvalue weighted by molar-refractivity contribution is 0.174. The Hall–Kier alpha value is -1.82. The number of hydrogen-bond acceptors (Lipinski definition) is 5. The van der Waals surface area contributed by atoms with Crippen LogP contribution in [0.4, 0.5) is 0 Å². The van der Waals surface area contributed by atoms with Crippen molar-refractivity contribution >= 4 is 11.0 Å². The van der Waals surface area contributed by atoms with Gasteiger partial charge in [-0.3, -0.25) is 0 Å². The molecule has 1 aromatic carbocycles. The van der Waals surface area contributed by atoms with Gasteiger partial charge in [-0.2, -0.15) is 15.0 Å². The molecule has 0 radical (unpaired) electrons. The van der Waals surface area contributed by atoms with E-state index in [0.29, 0.717) is 6.54 Å². The van der Waals surface area contributed by atoms with E-state index in [1.807, 2.05) is 12.1 Å². The van der Waals surface area contributed by atoms with Crippen LogP contribution in [0.1, 0.15) is 6.42 Å². The quantitative estimate of drug-likeness (QED) is 0.815. The highest BCUT2D eigenvalue weighted by Gasteiger charge is 2.16. The third-order valence-corrected chi connectivity index (χ3v) is 2.48. The fourth-order valence-electron chi connectivity index (χ4n) is 1.68. The molecule has 2 N–H and O–H groups in total. The topological polar surface area (TPSA) is 75.2 Å². The highest BCUT2D eigenvalue weighted by Crippen LogP contribution is 2.34. The SMILES string of the molecule is NCCCn1nc2cc3c(cc2n1)OCO3. The molecule has 0 bridgehead atoms. The number of hydrogen-bond donors (Lipinski definition) is 1. The summed E-state index contributed by atoms with van der Waals surface area (Å²) < 4.78 is 10.6. The first-order valence-electron chi connectivity index (χ1n) is 5.21. The molecule has 0 unspecified atom stereocenters. The van der Waals surface area contributed by atoms with Crippen molar-refractivity contribution < 1.29 is 9.47 Å². The molecule has 16 heavy (non-hydrogen) atoms. The maximum absolute atomic E-state index is 5.44. The van der Waals surface area contributed by atoms with Crippen LogP contribution in [-0.4, -0.2) is 28.3 Å². The summed E-state index contributed by atoms with van der Waals surface area (Å²) in [7, 11) is 0. The van der Waals surface area contributed by atoms with E-state index in [1.54, 1.807) is 4.80 Å². The molecule has 0 amide bonds. The highest BCUT2D eigenvalue weighted by molar-refractivity contribution is 5.78. The molecule has 0 saturated carbocycles. The summed E-state index contributed by atoms with van der Waals surface area (Å²) in [4.78, 5) is 1.66. The number of nitrogens with two attached hydrogens (primary N) is 1. The van der Waals surface area contributed by atoms with Crippen molar-refractivity contribution in [1.82, 2.24) is 15.0 Å². The highest BCUT2D eigenvalue weighted by atomic mass is 16.7. The molecule has 0 atom stereocenters. The van der Waals surface area contributed by atoms with Gasteiger partial charge < -0.3 is 15.2 Å². The Morgan fingerprint density at radius 2 is 1.81 bits per heavy atom. The van der Waals surface area contributed by atoms with E-state index in [1.165, 1.54) is 0 Å². The van der Waals surface area contributed by atoms with Gasteiger partial charge in [-0.25, -0.2) is 0 Å². The Morgan fingerprint density at radius 1 is 1.19 bits per heavy atom. The number of aromatic nitrogens is 3. The lowest BCUT2D eigenvalue weighted by Crippen LogP contribution is -2.07. The molecule has 0 fully saturated rings. The first-order valence-corrected chi connectivity index (χ1v) is 5.21. The zero-order chi connectivity index (χ0) is 11.0. The van der Waals surface area contributed by atoms with Crippen LogP contribution in [0, 0.1) is 0 Å². The van der Waals surface area contributed by atoms with Gasteiger partial charge in [-0.05, 0) is 13.0 Å². The fourth-order valence-corrected chi connectivity index (χ4v) is 1.68. The van der Waals surface area contributed by atoms with Crippen LogP contribution in [0.5, 0.6) is 11.5 Å². The number of fused-ring (bicyclic) bond motifs is 2. The molecule has 1 aliphatic heterocycles. The van der Waals surface area contributed by atoms with Gasteiger partial charge in [0.2, 0.25) is 6.79 Å². The molecule has 0 aliphatic carbocycles. The molecule has 6 nitrogen and oxygen atoms in total. The summed E-state index contributed by atoms with van der Waals surface area (Å²) in [6.07, 6.45) is 0.869. The fraction of sp³-hybridized carbons (Fsp3) is 0.400. The zero-order valence-corrected chi connectivity index (χ0v) is 8.72. The summed E-state index contributed by atoms with van der Waals surface area (Å²) >= 11 is 0. The van der Waals surface area contributed by atoms with Crippen LogP contribution < -0.4 is 15.2 Å². The number of rotatable bonds is 3. The molecule has 0 spiro atoms. The largest absolute Gasteiger partial charge is 0.454 e. The van der Waals surface area contributed by atoms with Crippen LogP contribution in [0.25, 0.3) is 11.0 Å². The predicted molar refractivity (Wildman–Crippen MR) is 57.3 cm³/mol. The van der Waals surface area contributed by atoms with E-state index in [9.17, 15) is 0 Å². The second-order valence-electron chi connectivity index (χ2n) is 3.63. The standard InChI is InChI=1S/C10H12N4O2/c11-2-1-3-14-12-7-4-9-10(16-6-15-9)5-8(7)13-14/h4-5H,1-3,6,11H2. The lowest BCUT2D eigenvalue weighted by atomic mass is 10.3. The normalized spacial score (nSPS) is 13.6. The molecule has 2 heterocycles. The van der Waals surface area contributed by atoms with Crippen molar-refractivity contribution in [1.29, 1.82) is 0 Å². The second kappa shape index (κ2) is 3.64. The molecular weight excluding hydrogens is 208 g/mol. The average molecular weight is 220 g/mol. The third-order valence-electron chi connectivity index (χ3n) is 2.48. The van der Waals surface area contributed by atoms with Crippen molar-refractivity contribution in [3.8, 4) is 11.5 Å².